The molecule has 138 valence electrons. The van der Waals surface area contributed by atoms with Crippen molar-refractivity contribution < 1.29 is 4.79 Å². The van der Waals surface area contributed by atoms with E-state index in [1.54, 1.807) is 11.6 Å². The van der Waals surface area contributed by atoms with Crippen molar-refractivity contribution in [1.29, 1.82) is 0 Å². The molecule has 4 rings (SSSR count). The molecular formula is C23H20N4O. The predicted octanol–water partition coefficient (Wildman–Crippen LogP) is 3.93. The molecular weight excluding hydrogens is 348 g/mol. The minimum atomic E-state index is -0.627. The summed E-state index contributed by atoms with van der Waals surface area (Å²) in [5, 5.41) is 4.16. The molecule has 1 heterocycles. The SMILES string of the molecule is Cc1nc(C(N)=O)nn1-c1ccc(Cc2ccc(-c3ccccc3)cc2)cc1. The molecule has 28 heavy (non-hydrogen) atoms. The molecule has 4 aromatic rings. The Kier molecular flexibility index (Phi) is 4.72. The van der Waals surface area contributed by atoms with Crippen molar-refractivity contribution in [2.24, 2.45) is 5.73 Å². The largest absolute Gasteiger partial charge is 0.363 e. The van der Waals surface area contributed by atoms with Gasteiger partial charge in [-0.15, -0.1) is 5.10 Å². The van der Waals surface area contributed by atoms with Crippen LogP contribution in [-0.4, -0.2) is 20.7 Å². The lowest BCUT2D eigenvalue weighted by Gasteiger charge is -2.07. The van der Waals surface area contributed by atoms with E-state index in [9.17, 15) is 4.79 Å². The molecule has 2 N–H and O–H groups in total. The number of rotatable bonds is 5. The second-order valence-corrected chi connectivity index (χ2v) is 6.66. The van der Waals surface area contributed by atoms with Crippen LogP contribution in [0.15, 0.2) is 78.9 Å². The molecule has 0 atom stereocenters. The van der Waals surface area contributed by atoms with Gasteiger partial charge in [0.25, 0.3) is 5.91 Å². The molecule has 0 fully saturated rings. The van der Waals surface area contributed by atoms with Gasteiger partial charge in [0.05, 0.1) is 5.69 Å². The number of nitrogens with two attached hydrogens (primary N) is 1. The highest BCUT2D eigenvalue weighted by Gasteiger charge is 2.12. The van der Waals surface area contributed by atoms with Gasteiger partial charge in [-0.3, -0.25) is 4.79 Å². The van der Waals surface area contributed by atoms with Crippen LogP contribution >= 0.6 is 0 Å². The van der Waals surface area contributed by atoms with Gasteiger partial charge in [-0.25, -0.2) is 9.67 Å². The van der Waals surface area contributed by atoms with E-state index < -0.39 is 5.91 Å². The molecule has 0 radical (unpaired) electrons. The first kappa shape index (κ1) is 17.7. The molecule has 0 spiro atoms. The number of carbonyl (C=O) groups is 1. The number of aryl methyl sites for hydroxylation is 1. The Morgan fingerprint density at radius 3 is 2.00 bits per heavy atom. The number of hydrogen-bond donors (Lipinski definition) is 1. The Bertz CT molecular complexity index is 1100. The van der Waals surface area contributed by atoms with Crippen LogP contribution < -0.4 is 5.73 Å². The van der Waals surface area contributed by atoms with Crippen molar-refractivity contribution in [1.82, 2.24) is 14.8 Å². The van der Waals surface area contributed by atoms with Gasteiger partial charge in [0.1, 0.15) is 5.82 Å². The van der Waals surface area contributed by atoms with Gasteiger partial charge >= 0.3 is 0 Å². The standard InChI is InChI=1S/C23H20N4O/c1-16-25-23(22(24)28)26-27(16)21-13-9-18(10-14-21)15-17-7-11-20(12-8-17)19-5-3-2-4-6-19/h2-14H,15H2,1H3,(H2,24,28). The second kappa shape index (κ2) is 7.48. The van der Waals surface area contributed by atoms with Gasteiger partial charge in [-0.2, -0.15) is 0 Å². The quantitative estimate of drug-likeness (QED) is 0.580. The fourth-order valence-corrected chi connectivity index (χ4v) is 3.18. The van der Waals surface area contributed by atoms with E-state index in [-0.39, 0.29) is 5.82 Å². The minimum Gasteiger partial charge on any atom is -0.363 e. The summed E-state index contributed by atoms with van der Waals surface area (Å²) in [6.45, 7) is 1.79. The molecule has 0 saturated heterocycles. The smallest absolute Gasteiger partial charge is 0.288 e. The summed E-state index contributed by atoms with van der Waals surface area (Å²) in [6, 6.07) is 27.1. The Morgan fingerprint density at radius 1 is 0.857 bits per heavy atom. The number of amides is 1. The highest BCUT2D eigenvalue weighted by Crippen LogP contribution is 2.21. The second-order valence-electron chi connectivity index (χ2n) is 6.66. The molecule has 5 heteroatoms. The van der Waals surface area contributed by atoms with Crippen LogP contribution in [0.3, 0.4) is 0 Å². The average Bonchev–Trinajstić information content (AvgIpc) is 3.12. The van der Waals surface area contributed by atoms with Gasteiger partial charge in [-0.05, 0) is 47.7 Å². The number of hydrogen-bond acceptors (Lipinski definition) is 3. The fourth-order valence-electron chi connectivity index (χ4n) is 3.18. The van der Waals surface area contributed by atoms with Crippen LogP contribution in [0.4, 0.5) is 0 Å². The molecule has 0 aliphatic carbocycles. The number of aromatic nitrogens is 3. The Hall–Kier alpha value is -3.73. The molecule has 0 bridgehead atoms. The summed E-state index contributed by atoms with van der Waals surface area (Å²) in [5.41, 5.74) is 11.0. The monoisotopic (exact) mass is 368 g/mol. The number of nitrogens with zero attached hydrogens (tertiary/aromatic N) is 3. The Labute approximate surface area is 163 Å². The third kappa shape index (κ3) is 3.69. The van der Waals surface area contributed by atoms with E-state index in [2.05, 4.69) is 58.6 Å². The molecule has 1 aromatic heterocycles. The van der Waals surface area contributed by atoms with Crippen molar-refractivity contribution in [3.8, 4) is 16.8 Å². The van der Waals surface area contributed by atoms with Gasteiger partial charge in [0.2, 0.25) is 5.82 Å². The predicted molar refractivity (Wildman–Crippen MR) is 109 cm³/mol. The van der Waals surface area contributed by atoms with E-state index in [0.29, 0.717) is 5.82 Å². The van der Waals surface area contributed by atoms with Gasteiger partial charge in [0, 0.05) is 0 Å². The molecule has 0 aliphatic rings. The van der Waals surface area contributed by atoms with Crippen molar-refractivity contribution >= 4 is 5.91 Å². The maximum Gasteiger partial charge on any atom is 0.288 e. The van der Waals surface area contributed by atoms with Gasteiger partial charge < -0.3 is 5.73 Å². The number of primary amides is 1. The highest BCUT2D eigenvalue weighted by molar-refractivity contribution is 5.88. The van der Waals surface area contributed by atoms with E-state index in [4.69, 9.17) is 5.73 Å². The molecule has 0 unspecified atom stereocenters. The third-order valence-electron chi connectivity index (χ3n) is 4.64. The van der Waals surface area contributed by atoms with Crippen LogP contribution in [0.2, 0.25) is 0 Å². The number of benzene rings is 3. The van der Waals surface area contributed by atoms with E-state index in [1.807, 2.05) is 30.3 Å². The van der Waals surface area contributed by atoms with Crippen molar-refractivity contribution in [3.63, 3.8) is 0 Å². The fraction of sp³-hybridized carbons (Fsp3) is 0.0870. The maximum atomic E-state index is 11.3. The molecule has 5 nitrogen and oxygen atoms in total. The van der Waals surface area contributed by atoms with Crippen LogP contribution in [0, 0.1) is 6.92 Å². The summed E-state index contributed by atoms with van der Waals surface area (Å²) < 4.78 is 1.62. The normalized spacial score (nSPS) is 10.8. The third-order valence-corrected chi connectivity index (χ3v) is 4.64. The molecule has 3 aromatic carbocycles. The molecule has 1 amide bonds. The zero-order valence-electron chi connectivity index (χ0n) is 15.5. The Morgan fingerprint density at radius 2 is 1.43 bits per heavy atom. The first-order valence-electron chi connectivity index (χ1n) is 9.07. The lowest BCUT2D eigenvalue weighted by Crippen LogP contribution is -2.13. The summed E-state index contributed by atoms with van der Waals surface area (Å²) in [4.78, 5) is 15.3. The van der Waals surface area contributed by atoms with Gasteiger partial charge in [0.15, 0.2) is 0 Å². The summed E-state index contributed by atoms with van der Waals surface area (Å²) in [6.07, 6.45) is 0.845. The van der Waals surface area contributed by atoms with Crippen LogP contribution in [0.1, 0.15) is 27.6 Å². The zero-order valence-corrected chi connectivity index (χ0v) is 15.5. The average molecular weight is 368 g/mol. The highest BCUT2D eigenvalue weighted by atomic mass is 16.1. The van der Waals surface area contributed by atoms with E-state index in [1.165, 1.54) is 22.3 Å². The number of carbonyl (C=O) groups excluding carboxylic acids is 1. The molecule has 0 aliphatic heterocycles. The maximum absolute atomic E-state index is 11.3. The Balaban J connectivity index is 1.50. The molecule has 0 saturated carbocycles. The summed E-state index contributed by atoms with van der Waals surface area (Å²) in [7, 11) is 0. The van der Waals surface area contributed by atoms with Gasteiger partial charge in [-0.1, -0.05) is 66.7 Å². The van der Waals surface area contributed by atoms with Crippen molar-refractivity contribution in [2.45, 2.75) is 13.3 Å². The topological polar surface area (TPSA) is 73.8 Å². The van der Waals surface area contributed by atoms with Crippen molar-refractivity contribution in [3.05, 3.63) is 102 Å². The van der Waals surface area contributed by atoms with Crippen molar-refractivity contribution in [2.75, 3.05) is 0 Å². The van der Waals surface area contributed by atoms with Crippen LogP contribution in [0.25, 0.3) is 16.8 Å². The van der Waals surface area contributed by atoms with E-state index in [0.717, 1.165) is 12.1 Å². The lowest BCUT2D eigenvalue weighted by atomic mass is 10.0. The summed E-state index contributed by atoms with van der Waals surface area (Å²) in [5.74, 6) is 0.0237. The first-order valence-corrected chi connectivity index (χ1v) is 9.07. The summed E-state index contributed by atoms with van der Waals surface area (Å²) >= 11 is 0. The van der Waals surface area contributed by atoms with Crippen LogP contribution in [-0.2, 0) is 6.42 Å². The zero-order chi connectivity index (χ0) is 19.5. The minimum absolute atomic E-state index is 0.0279. The first-order chi connectivity index (χ1) is 13.6. The van der Waals surface area contributed by atoms with Crippen LogP contribution in [0.5, 0.6) is 0 Å². The van der Waals surface area contributed by atoms with E-state index >= 15 is 0 Å². The lowest BCUT2D eigenvalue weighted by molar-refractivity contribution is 0.0990.